The SMILES string of the molecule is NCCCCCCOc1c(Cl)c(Cl)c(Cl)c(Cl)c1Cl. The van der Waals surface area contributed by atoms with E-state index < -0.39 is 0 Å². The molecule has 0 saturated heterocycles. The summed E-state index contributed by atoms with van der Waals surface area (Å²) in [6.45, 7) is 1.19. The Morgan fingerprint density at radius 1 is 0.684 bits per heavy atom. The maximum atomic E-state index is 6.04. The topological polar surface area (TPSA) is 35.2 Å². The van der Waals surface area contributed by atoms with Crippen molar-refractivity contribution in [3.63, 3.8) is 0 Å². The lowest BCUT2D eigenvalue weighted by Gasteiger charge is -2.13. The van der Waals surface area contributed by atoms with E-state index in [9.17, 15) is 0 Å². The smallest absolute Gasteiger partial charge is 0.159 e. The second kappa shape index (κ2) is 8.66. The summed E-state index contributed by atoms with van der Waals surface area (Å²) in [5, 5.41) is 0.798. The molecule has 0 aliphatic heterocycles. The quantitative estimate of drug-likeness (QED) is 0.374. The lowest BCUT2D eigenvalue weighted by Crippen LogP contribution is -2.01. The minimum Gasteiger partial charge on any atom is -0.490 e. The standard InChI is InChI=1S/C12H14Cl5NO/c13-7-8(14)10(16)12(11(17)9(7)15)19-6-4-2-1-3-5-18/h1-6,18H2. The van der Waals surface area contributed by atoms with Gasteiger partial charge in [-0.3, -0.25) is 0 Å². The fraction of sp³-hybridized carbons (Fsp3) is 0.500. The van der Waals surface area contributed by atoms with Gasteiger partial charge in [-0.15, -0.1) is 0 Å². The van der Waals surface area contributed by atoms with Crippen LogP contribution >= 0.6 is 58.0 Å². The Hall–Kier alpha value is 0.430. The number of nitrogens with two attached hydrogens (primary N) is 1. The van der Waals surface area contributed by atoms with Crippen molar-refractivity contribution in [3.05, 3.63) is 25.1 Å². The molecule has 0 aliphatic rings. The molecule has 1 rings (SSSR count). The molecule has 0 unspecified atom stereocenters. The van der Waals surface area contributed by atoms with Gasteiger partial charge < -0.3 is 10.5 Å². The highest BCUT2D eigenvalue weighted by Crippen LogP contribution is 2.48. The second-order valence-electron chi connectivity index (χ2n) is 3.95. The van der Waals surface area contributed by atoms with E-state index in [-0.39, 0.29) is 30.9 Å². The van der Waals surface area contributed by atoms with E-state index in [4.69, 9.17) is 68.5 Å². The first-order chi connectivity index (χ1) is 9.00. The maximum absolute atomic E-state index is 6.04. The zero-order valence-corrected chi connectivity index (χ0v) is 13.9. The molecule has 0 amide bonds. The van der Waals surface area contributed by atoms with Crippen LogP contribution in [0.25, 0.3) is 0 Å². The van der Waals surface area contributed by atoms with Gasteiger partial charge in [0.25, 0.3) is 0 Å². The van der Waals surface area contributed by atoms with Crippen LogP contribution in [0.5, 0.6) is 5.75 Å². The number of hydrogen-bond donors (Lipinski definition) is 1. The van der Waals surface area contributed by atoms with E-state index in [1.807, 2.05) is 0 Å². The van der Waals surface area contributed by atoms with Crippen molar-refractivity contribution >= 4 is 58.0 Å². The van der Waals surface area contributed by atoms with Crippen LogP contribution in [0.2, 0.25) is 25.1 Å². The van der Waals surface area contributed by atoms with E-state index in [1.54, 1.807) is 0 Å². The predicted octanol–water partition coefficient (Wildman–Crippen LogP) is 5.85. The first kappa shape index (κ1) is 17.5. The van der Waals surface area contributed by atoms with Crippen LogP contribution in [-0.4, -0.2) is 13.2 Å². The van der Waals surface area contributed by atoms with Gasteiger partial charge in [-0.2, -0.15) is 0 Å². The first-order valence-electron chi connectivity index (χ1n) is 5.85. The molecule has 1 aromatic rings. The lowest BCUT2D eigenvalue weighted by atomic mass is 10.2. The third kappa shape index (κ3) is 4.73. The number of benzene rings is 1. The molecule has 0 heterocycles. The average molecular weight is 366 g/mol. The molecule has 1 aromatic carbocycles. The molecule has 7 heteroatoms. The summed E-state index contributed by atoms with van der Waals surface area (Å²) in [4.78, 5) is 0. The van der Waals surface area contributed by atoms with Crippen LogP contribution in [0.3, 0.4) is 0 Å². The molecule has 2 N–H and O–H groups in total. The van der Waals surface area contributed by atoms with Gasteiger partial charge in [-0.05, 0) is 19.4 Å². The Morgan fingerprint density at radius 2 is 1.16 bits per heavy atom. The maximum Gasteiger partial charge on any atom is 0.159 e. The third-order valence-electron chi connectivity index (χ3n) is 2.51. The Labute approximate surface area is 138 Å². The molecule has 0 bridgehead atoms. The van der Waals surface area contributed by atoms with Gasteiger partial charge in [0, 0.05) is 0 Å². The second-order valence-corrected chi connectivity index (χ2v) is 5.84. The molecule has 108 valence electrons. The fourth-order valence-corrected chi connectivity index (χ4v) is 2.72. The molecule has 0 spiro atoms. The molecule has 19 heavy (non-hydrogen) atoms. The van der Waals surface area contributed by atoms with Crippen molar-refractivity contribution in [2.24, 2.45) is 5.73 Å². The molecule has 0 saturated carbocycles. The van der Waals surface area contributed by atoms with Gasteiger partial charge >= 0.3 is 0 Å². The average Bonchev–Trinajstić information content (AvgIpc) is 2.41. The van der Waals surface area contributed by atoms with Gasteiger partial charge in [0.2, 0.25) is 0 Å². The summed E-state index contributed by atoms with van der Waals surface area (Å²) >= 11 is 29.8. The van der Waals surface area contributed by atoms with Gasteiger partial charge in [0.05, 0.1) is 21.7 Å². The first-order valence-corrected chi connectivity index (χ1v) is 7.74. The number of rotatable bonds is 7. The van der Waals surface area contributed by atoms with Crippen molar-refractivity contribution < 1.29 is 4.74 Å². The van der Waals surface area contributed by atoms with Crippen LogP contribution in [0, 0.1) is 0 Å². The Balaban J connectivity index is 2.64. The Kier molecular flexibility index (Phi) is 7.97. The van der Waals surface area contributed by atoms with E-state index in [0.29, 0.717) is 13.2 Å². The van der Waals surface area contributed by atoms with Gasteiger partial charge in [-0.25, -0.2) is 0 Å². The molecule has 0 aromatic heterocycles. The molecule has 0 aliphatic carbocycles. The Bertz CT molecular complexity index is 410. The summed E-state index contributed by atoms with van der Waals surface area (Å²) in [5.74, 6) is 0.279. The number of unbranched alkanes of at least 4 members (excludes halogenated alkanes) is 3. The molecule has 0 atom stereocenters. The van der Waals surface area contributed by atoms with E-state index in [1.165, 1.54) is 0 Å². The van der Waals surface area contributed by atoms with Gasteiger partial charge in [0.1, 0.15) is 10.0 Å². The van der Waals surface area contributed by atoms with Crippen molar-refractivity contribution in [3.8, 4) is 5.75 Å². The summed E-state index contributed by atoms with van der Waals surface area (Å²) in [7, 11) is 0. The van der Waals surface area contributed by atoms with Crippen LogP contribution in [0.15, 0.2) is 0 Å². The van der Waals surface area contributed by atoms with Crippen molar-refractivity contribution in [1.29, 1.82) is 0 Å². The number of ether oxygens (including phenoxy) is 1. The molecule has 0 fully saturated rings. The van der Waals surface area contributed by atoms with Gasteiger partial charge in [0.15, 0.2) is 5.75 Å². The number of hydrogen-bond acceptors (Lipinski definition) is 2. The van der Waals surface area contributed by atoms with E-state index in [0.717, 1.165) is 25.7 Å². The monoisotopic (exact) mass is 363 g/mol. The highest BCUT2D eigenvalue weighted by atomic mass is 35.5. The van der Waals surface area contributed by atoms with Crippen molar-refractivity contribution in [2.75, 3.05) is 13.2 Å². The summed E-state index contributed by atoms with van der Waals surface area (Å²) in [5.41, 5.74) is 5.41. The largest absolute Gasteiger partial charge is 0.490 e. The van der Waals surface area contributed by atoms with Crippen molar-refractivity contribution in [2.45, 2.75) is 25.7 Å². The highest BCUT2D eigenvalue weighted by molar-refractivity contribution is 6.55. The summed E-state index contributed by atoms with van der Waals surface area (Å²) in [6.07, 6.45) is 4.00. The molecular weight excluding hydrogens is 351 g/mol. The highest BCUT2D eigenvalue weighted by Gasteiger charge is 2.20. The minimum absolute atomic E-state index is 0.133. The van der Waals surface area contributed by atoms with Crippen LogP contribution in [0.1, 0.15) is 25.7 Å². The molecular formula is C12H14Cl5NO. The van der Waals surface area contributed by atoms with Crippen LogP contribution in [0.4, 0.5) is 0 Å². The van der Waals surface area contributed by atoms with E-state index in [2.05, 4.69) is 0 Å². The molecule has 2 nitrogen and oxygen atoms in total. The minimum atomic E-state index is 0.133. The van der Waals surface area contributed by atoms with Crippen LogP contribution < -0.4 is 10.5 Å². The van der Waals surface area contributed by atoms with Crippen LogP contribution in [-0.2, 0) is 0 Å². The van der Waals surface area contributed by atoms with E-state index >= 15 is 0 Å². The molecule has 0 radical (unpaired) electrons. The summed E-state index contributed by atoms with van der Waals surface area (Å²) in [6, 6.07) is 0. The zero-order valence-electron chi connectivity index (χ0n) is 10.1. The predicted molar refractivity (Wildman–Crippen MR) is 84.5 cm³/mol. The van der Waals surface area contributed by atoms with Gasteiger partial charge in [-0.1, -0.05) is 70.8 Å². The zero-order chi connectivity index (χ0) is 14.4. The Morgan fingerprint density at radius 3 is 1.68 bits per heavy atom. The number of halogens is 5. The lowest BCUT2D eigenvalue weighted by molar-refractivity contribution is 0.305. The fourth-order valence-electron chi connectivity index (χ4n) is 1.49. The summed E-state index contributed by atoms with van der Waals surface area (Å²) < 4.78 is 5.54. The van der Waals surface area contributed by atoms with Crippen molar-refractivity contribution in [1.82, 2.24) is 0 Å². The normalized spacial score (nSPS) is 10.8. The third-order valence-corrected chi connectivity index (χ3v) is 4.76.